The number of anilines is 1. The third-order valence-electron chi connectivity index (χ3n) is 6.86. The number of carbonyl (C=O) groups excluding carboxylic acids is 3. The maximum Gasteiger partial charge on any atom is 0.305 e. The van der Waals surface area contributed by atoms with Crippen molar-refractivity contribution in [2.75, 3.05) is 39.2 Å². The summed E-state index contributed by atoms with van der Waals surface area (Å²) in [4.78, 5) is 51.8. The highest BCUT2D eigenvalue weighted by Gasteiger charge is 2.22. The lowest BCUT2D eigenvalue weighted by atomic mass is 10.0. The molecule has 0 aromatic heterocycles. The number of aliphatic carboxylic acids is 1. The minimum absolute atomic E-state index is 0.0625. The van der Waals surface area contributed by atoms with Gasteiger partial charge in [-0.1, -0.05) is 54.6 Å². The molecular formula is C33H39N3O7. The van der Waals surface area contributed by atoms with Gasteiger partial charge in [-0.3, -0.25) is 19.2 Å². The monoisotopic (exact) mass is 589 g/mol. The van der Waals surface area contributed by atoms with E-state index >= 15 is 0 Å². The van der Waals surface area contributed by atoms with E-state index in [-0.39, 0.29) is 37.6 Å². The van der Waals surface area contributed by atoms with Crippen LogP contribution in [0.15, 0.2) is 72.8 Å². The Morgan fingerprint density at radius 3 is 2.12 bits per heavy atom. The van der Waals surface area contributed by atoms with Gasteiger partial charge in [-0.15, -0.1) is 0 Å². The molecule has 1 atom stereocenters. The third kappa shape index (κ3) is 10.9. The first kappa shape index (κ1) is 32.8. The molecule has 3 aromatic rings. The Bertz CT molecular complexity index is 1370. The Kier molecular flexibility index (Phi) is 12.7. The van der Waals surface area contributed by atoms with Crippen LogP contribution in [0.25, 0.3) is 0 Å². The summed E-state index contributed by atoms with van der Waals surface area (Å²) in [5.41, 5.74) is 3.91. The van der Waals surface area contributed by atoms with Crippen molar-refractivity contribution in [3.63, 3.8) is 0 Å². The smallest absolute Gasteiger partial charge is 0.305 e. The summed E-state index contributed by atoms with van der Waals surface area (Å²) in [5.74, 6) is -1.31. The summed E-state index contributed by atoms with van der Waals surface area (Å²) in [6.07, 6.45) is 0.469. The highest BCUT2D eigenvalue weighted by atomic mass is 16.5. The van der Waals surface area contributed by atoms with Gasteiger partial charge in [0, 0.05) is 25.9 Å². The lowest BCUT2D eigenvalue weighted by molar-refractivity contribution is -0.139. The number of rotatable bonds is 16. The molecule has 3 amide bonds. The molecule has 3 N–H and O–H groups in total. The lowest BCUT2D eigenvalue weighted by Crippen LogP contribution is -2.43. The van der Waals surface area contributed by atoms with Gasteiger partial charge in [0.2, 0.25) is 17.7 Å². The van der Waals surface area contributed by atoms with E-state index in [1.54, 1.807) is 43.5 Å². The van der Waals surface area contributed by atoms with Crippen molar-refractivity contribution in [2.24, 2.45) is 0 Å². The quantitative estimate of drug-likeness (QED) is 0.216. The zero-order valence-corrected chi connectivity index (χ0v) is 24.8. The van der Waals surface area contributed by atoms with Crippen molar-refractivity contribution >= 4 is 29.4 Å². The van der Waals surface area contributed by atoms with Crippen LogP contribution in [0, 0.1) is 6.92 Å². The van der Waals surface area contributed by atoms with Crippen LogP contribution < -0.4 is 15.4 Å². The van der Waals surface area contributed by atoms with Crippen LogP contribution in [0.2, 0.25) is 0 Å². The van der Waals surface area contributed by atoms with Crippen LogP contribution in [0.1, 0.15) is 41.1 Å². The number of ether oxygens (including phenoxy) is 2. The molecule has 10 nitrogen and oxygen atoms in total. The first-order chi connectivity index (χ1) is 20.7. The summed E-state index contributed by atoms with van der Waals surface area (Å²) in [6, 6.07) is 20.8. The second kappa shape index (κ2) is 16.7. The van der Waals surface area contributed by atoms with Gasteiger partial charge in [0.25, 0.3) is 0 Å². The molecule has 0 aliphatic heterocycles. The molecule has 0 fully saturated rings. The zero-order valence-electron chi connectivity index (χ0n) is 24.8. The van der Waals surface area contributed by atoms with Crippen molar-refractivity contribution in [3.05, 3.63) is 95.1 Å². The minimum atomic E-state index is -1.06. The molecule has 0 unspecified atom stereocenters. The maximum absolute atomic E-state index is 13.3. The molecular weight excluding hydrogens is 550 g/mol. The number of nitrogens with one attached hydrogen (secondary N) is 2. The Balaban J connectivity index is 1.62. The van der Waals surface area contributed by atoms with Gasteiger partial charge in [-0.05, 0) is 53.8 Å². The maximum atomic E-state index is 13.3. The van der Waals surface area contributed by atoms with Gasteiger partial charge in [0.05, 0.1) is 39.0 Å². The Morgan fingerprint density at radius 1 is 0.860 bits per heavy atom. The molecule has 43 heavy (non-hydrogen) atoms. The van der Waals surface area contributed by atoms with Crippen molar-refractivity contribution in [1.29, 1.82) is 0 Å². The number of methoxy groups -OCH3 is 2. The molecule has 3 aromatic carbocycles. The number of carboxylic acids is 1. The van der Waals surface area contributed by atoms with E-state index in [1.807, 2.05) is 43.3 Å². The fourth-order valence-corrected chi connectivity index (χ4v) is 4.52. The summed E-state index contributed by atoms with van der Waals surface area (Å²) in [7, 11) is 3.09. The number of amides is 3. The van der Waals surface area contributed by atoms with Gasteiger partial charge in [-0.25, -0.2) is 0 Å². The SMILES string of the molecule is COCCCN(CC(=O)N[C@@H](CC(=O)O)c1ccc(OC)cc1)C(=O)Cc1ccc(CC(=O)Nc2ccccc2C)cc1. The predicted octanol–water partition coefficient (Wildman–Crippen LogP) is 3.92. The molecule has 0 heterocycles. The number of nitrogens with zero attached hydrogens (tertiary/aromatic N) is 1. The number of carbonyl (C=O) groups is 4. The number of para-hydroxylation sites is 1. The topological polar surface area (TPSA) is 134 Å². The van der Waals surface area contributed by atoms with E-state index in [4.69, 9.17) is 9.47 Å². The first-order valence-electron chi connectivity index (χ1n) is 14.0. The second-order valence-electron chi connectivity index (χ2n) is 10.2. The number of hydrogen-bond donors (Lipinski definition) is 3. The van der Waals surface area contributed by atoms with Crippen LogP contribution in [-0.2, 0) is 36.8 Å². The van der Waals surface area contributed by atoms with Crippen LogP contribution in [0.3, 0.4) is 0 Å². The first-order valence-corrected chi connectivity index (χ1v) is 14.0. The Labute approximate surface area is 252 Å². The predicted molar refractivity (Wildman–Crippen MR) is 163 cm³/mol. The highest BCUT2D eigenvalue weighted by molar-refractivity contribution is 5.93. The van der Waals surface area contributed by atoms with E-state index in [9.17, 15) is 24.3 Å². The minimum Gasteiger partial charge on any atom is -0.497 e. The molecule has 3 rings (SSSR count). The summed E-state index contributed by atoms with van der Waals surface area (Å²) < 4.78 is 10.3. The number of benzene rings is 3. The fourth-order valence-electron chi connectivity index (χ4n) is 4.52. The standard InChI is InChI=1S/C33H39N3O7/c1-23-7-4-5-8-28(23)34-30(37)19-24-9-11-25(12-10-24)20-32(39)36(17-6-18-42-2)22-31(38)35-29(21-33(40)41)26-13-15-27(43-3)16-14-26/h4-5,7-16,29H,6,17-22H2,1-3H3,(H,34,37)(H,35,38)(H,40,41)/t29-/m0/s1. The summed E-state index contributed by atoms with van der Waals surface area (Å²) in [6.45, 7) is 2.41. The Morgan fingerprint density at radius 2 is 1.51 bits per heavy atom. The van der Waals surface area contributed by atoms with Crippen molar-refractivity contribution < 1.29 is 33.8 Å². The second-order valence-corrected chi connectivity index (χ2v) is 10.2. The van der Waals surface area contributed by atoms with Crippen LogP contribution in [-0.4, -0.2) is 67.6 Å². The van der Waals surface area contributed by atoms with Crippen LogP contribution >= 0.6 is 0 Å². The number of hydrogen-bond acceptors (Lipinski definition) is 6. The van der Waals surface area contributed by atoms with Gasteiger partial charge in [-0.2, -0.15) is 0 Å². The van der Waals surface area contributed by atoms with E-state index < -0.39 is 17.9 Å². The molecule has 0 spiro atoms. The molecule has 228 valence electrons. The molecule has 10 heteroatoms. The molecule has 0 aliphatic rings. The molecule has 0 aliphatic carbocycles. The summed E-state index contributed by atoms with van der Waals surface area (Å²) >= 11 is 0. The molecule has 0 radical (unpaired) electrons. The van der Waals surface area contributed by atoms with Gasteiger partial charge in [0.1, 0.15) is 5.75 Å². The van der Waals surface area contributed by atoms with Crippen molar-refractivity contribution in [1.82, 2.24) is 10.2 Å². The van der Waals surface area contributed by atoms with E-state index in [2.05, 4.69) is 10.6 Å². The lowest BCUT2D eigenvalue weighted by Gasteiger charge is -2.24. The van der Waals surface area contributed by atoms with E-state index in [0.29, 0.717) is 30.9 Å². The zero-order chi connectivity index (χ0) is 31.2. The van der Waals surface area contributed by atoms with Crippen molar-refractivity contribution in [3.8, 4) is 5.75 Å². The van der Waals surface area contributed by atoms with Gasteiger partial charge in [0.15, 0.2) is 0 Å². The average Bonchev–Trinajstić information content (AvgIpc) is 2.98. The van der Waals surface area contributed by atoms with Gasteiger partial charge >= 0.3 is 5.97 Å². The fraction of sp³-hybridized carbons (Fsp3) is 0.333. The van der Waals surface area contributed by atoms with Crippen LogP contribution in [0.5, 0.6) is 5.75 Å². The van der Waals surface area contributed by atoms with E-state index in [1.165, 1.54) is 12.0 Å². The molecule has 0 saturated carbocycles. The molecule has 0 bridgehead atoms. The number of carboxylic acid groups (broad SMARTS) is 1. The summed E-state index contributed by atoms with van der Waals surface area (Å²) in [5, 5.41) is 15.1. The van der Waals surface area contributed by atoms with E-state index in [0.717, 1.165) is 22.4 Å². The largest absolute Gasteiger partial charge is 0.497 e. The third-order valence-corrected chi connectivity index (χ3v) is 6.86. The van der Waals surface area contributed by atoms with Crippen molar-refractivity contribution in [2.45, 2.75) is 38.6 Å². The normalized spacial score (nSPS) is 11.3. The van der Waals surface area contributed by atoms with Gasteiger partial charge < -0.3 is 30.1 Å². The Hall–Kier alpha value is -4.70. The average molecular weight is 590 g/mol. The van der Waals surface area contributed by atoms with Crippen LogP contribution in [0.4, 0.5) is 5.69 Å². The highest BCUT2D eigenvalue weighted by Crippen LogP contribution is 2.21. The number of aryl methyl sites for hydroxylation is 1. The molecule has 0 saturated heterocycles.